The van der Waals surface area contributed by atoms with Crippen LogP contribution < -0.4 is 5.32 Å². The number of nitrogens with one attached hydrogen (secondary N) is 1. The van der Waals surface area contributed by atoms with E-state index in [1.54, 1.807) is 0 Å². The summed E-state index contributed by atoms with van der Waals surface area (Å²) >= 11 is 0. The quantitative estimate of drug-likeness (QED) is 0.214. The van der Waals surface area contributed by atoms with Gasteiger partial charge in [0.2, 0.25) is 12.2 Å². The van der Waals surface area contributed by atoms with Crippen molar-refractivity contribution in [3.05, 3.63) is 108 Å². The first-order chi connectivity index (χ1) is 20.6. The second-order valence-electron chi connectivity index (χ2n) is 10.1. The maximum atomic E-state index is 12.3. The number of hydrogen-bond acceptors (Lipinski definition) is 9. The van der Waals surface area contributed by atoms with Crippen molar-refractivity contribution in [2.24, 2.45) is 0 Å². The number of carbonyl (C=O) groups excluding carboxylic acids is 4. The van der Waals surface area contributed by atoms with Crippen LogP contribution in [0.25, 0.3) is 0 Å². The van der Waals surface area contributed by atoms with E-state index in [1.165, 1.54) is 27.7 Å². The average Bonchev–Trinajstić information content (AvgIpc) is 2.97. The van der Waals surface area contributed by atoms with Crippen LogP contribution in [0, 0.1) is 0 Å². The average molecular weight is 590 g/mol. The highest BCUT2D eigenvalue weighted by Gasteiger charge is 2.52. The summed E-state index contributed by atoms with van der Waals surface area (Å²) in [5.41, 5.74) is 1.29. The van der Waals surface area contributed by atoms with Crippen LogP contribution in [0.5, 0.6) is 0 Å². The first-order valence-electron chi connectivity index (χ1n) is 13.9. The summed E-state index contributed by atoms with van der Waals surface area (Å²) in [6.07, 6.45) is -4.98. The van der Waals surface area contributed by atoms with Gasteiger partial charge >= 0.3 is 17.9 Å². The zero-order valence-corrected chi connectivity index (χ0v) is 24.4. The summed E-state index contributed by atoms with van der Waals surface area (Å²) < 4.78 is 29.7. The van der Waals surface area contributed by atoms with Gasteiger partial charge in [-0.2, -0.15) is 0 Å². The number of benzene rings is 3. The molecule has 1 aliphatic rings. The molecule has 0 aliphatic carbocycles. The first-order valence-corrected chi connectivity index (χ1v) is 13.9. The summed E-state index contributed by atoms with van der Waals surface area (Å²) in [5, 5.41) is 2.62. The lowest BCUT2D eigenvalue weighted by molar-refractivity contribution is -0.275. The molecule has 10 heteroatoms. The Labute approximate surface area is 250 Å². The molecule has 226 valence electrons. The van der Waals surface area contributed by atoms with E-state index in [4.69, 9.17) is 23.7 Å². The van der Waals surface area contributed by atoms with Crippen molar-refractivity contribution in [2.45, 2.75) is 63.9 Å². The van der Waals surface area contributed by atoms with E-state index >= 15 is 0 Å². The van der Waals surface area contributed by atoms with Gasteiger partial charge in [-0.25, -0.2) is 0 Å². The molecule has 3 aromatic carbocycles. The smallest absolute Gasteiger partial charge is 0.305 e. The summed E-state index contributed by atoms with van der Waals surface area (Å²) in [5.74, 6) is -2.58. The van der Waals surface area contributed by atoms with Crippen LogP contribution in [0.2, 0.25) is 0 Å². The molecule has 1 amide bonds. The molecule has 43 heavy (non-hydrogen) atoms. The fourth-order valence-electron chi connectivity index (χ4n) is 5.33. The molecular weight excluding hydrogens is 554 g/mol. The Morgan fingerprint density at radius 1 is 0.651 bits per heavy atom. The molecule has 0 radical (unpaired) electrons. The molecule has 0 bridgehead atoms. The van der Waals surface area contributed by atoms with Crippen LogP contribution in [-0.4, -0.2) is 61.1 Å². The minimum atomic E-state index is -1.38. The van der Waals surface area contributed by atoms with E-state index in [-0.39, 0.29) is 6.61 Å². The third-order valence-electron chi connectivity index (χ3n) is 6.91. The number of carbonyl (C=O) groups is 4. The summed E-state index contributed by atoms with van der Waals surface area (Å²) in [4.78, 5) is 48.7. The topological polar surface area (TPSA) is 126 Å². The maximum absolute atomic E-state index is 12.3. The third-order valence-corrected chi connectivity index (χ3v) is 6.91. The van der Waals surface area contributed by atoms with Gasteiger partial charge in [-0.15, -0.1) is 0 Å². The number of hydrogen-bond donors (Lipinski definition) is 1. The molecule has 4 rings (SSSR count). The highest BCUT2D eigenvalue weighted by atomic mass is 16.7. The SMILES string of the molecule is CC(=O)NC1C(OC(C)=O)OC(COC(c2ccccc2)(c2ccccc2)c2ccccc2)C(OC(C)=O)C1OC(C)=O. The summed E-state index contributed by atoms with van der Waals surface area (Å²) in [6.45, 7) is 4.61. The molecule has 0 aromatic heterocycles. The Hall–Kier alpha value is -4.54. The molecule has 5 atom stereocenters. The van der Waals surface area contributed by atoms with Gasteiger partial charge in [0.25, 0.3) is 0 Å². The van der Waals surface area contributed by atoms with Gasteiger partial charge in [0, 0.05) is 27.7 Å². The zero-order chi connectivity index (χ0) is 31.0. The minimum Gasteiger partial charge on any atom is -0.456 e. The van der Waals surface area contributed by atoms with Crippen LogP contribution >= 0.6 is 0 Å². The van der Waals surface area contributed by atoms with Gasteiger partial charge in [0.05, 0.1) is 6.61 Å². The Bertz CT molecular complexity index is 1300. The normalized spacial score (nSPS) is 21.7. The Morgan fingerprint density at radius 3 is 1.47 bits per heavy atom. The molecule has 1 heterocycles. The Balaban J connectivity index is 1.83. The molecule has 0 saturated carbocycles. The molecule has 0 spiro atoms. The van der Waals surface area contributed by atoms with Crippen molar-refractivity contribution in [3.63, 3.8) is 0 Å². The number of esters is 3. The highest BCUT2D eigenvalue weighted by Crippen LogP contribution is 2.41. The second-order valence-corrected chi connectivity index (χ2v) is 10.1. The maximum Gasteiger partial charge on any atom is 0.305 e. The van der Waals surface area contributed by atoms with Crippen LogP contribution in [-0.2, 0) is 48.5 Å². The lowest BCUT2D eigenvalue weighted by Gasteiger charge is -2.45. The van der Waals surface area contributed by atoms with Gasteiger partial charge in [0.1, 0.15) is 17.7 Å². The molecule has 1 saturated heterocycles. The fraction of sp³-hybridized carbons (Fsp3) is 0.333. The van der Waals surface area contributed by atoms with Crippen LogP contribution in [0.1, 0.15) is 44.4 Å². The minimum absolute atomic E-state index is 0.209. The molecule has 1 fully saturated rings. The van der Waals surface area contributed by atoms with E-state index in [1.807, 2.05) is 91.0 Å². The van der Waals surface area contributed by atoms with Crippen molar-refractivity contribution < 1.29 is 42.9 Å². The first kappa shape index (κ1) is 31.4. The van der Waals surface area contributed by atoms with Crippen LogP contribution in [0.4, 0.5) is 0 Å². The van der Waals surface area contributed by atoms with E-state index in [0.29, 0.717) is 0 Å². The monoisotopic (exact) mass is 589 g/mol. The molecule has 10 nitrogen and oxygen atoms in total. The van der Waals surface area contributed by atoms with Gasteiger partial charge in [-0.3, -0.25) is 19.2 Å². The Kier molecular flexibility index (Phi) is 10.3. The van der Waals surface area contributed by atoms with Gasteiger partial charge in [-0.05, 0) is 16.7 Å². The van der Waals surface area contributed by atoms with Gasteiger partial charge in [0.15, 0.2) is 12.2 Å². The second kappa shape index (κ2) is 14.1. The standard InChI is InChI=1S/C33H35NO9/c1-21(35)34-29-31(41-23(3)37)30(40-22(2)36)28(43-32(29)42-24(4)38)20-39-33(25-14-8-5-9-15-25,26-16-10-6-11-17-26)27-18-12-7-13-19-27/h5-19,28-32H,20H2,1-4H3,(H,34,35). The van der Waals surface area contributed by atoms with Gasteiger partial charge < -0.3 is 29.0 Å². The predicted molar refractivity (Wildman–Crippen MR) is 154 cm³/mol. The zero-order valence-electron chi connectivity index (χ0n) is 24.4. The highest BCUT2D eigenvalue weighted by molar-refractivity contribution is 5.74. The van der Waals surface area contributed by atoms with E-state index in [9.17, 15) is 19.2 Å². The fourth-order valence-corrected chi connectivity index (χ4v) is 5.33. The van der Waals surface area contributed by atoms with Crippen molar-refractivity contribution >= 4 is 23.8 Å². The molecule has 1 aliphatic heterocycles. The van der Waals surface area contributed by atoms with Crippen LogP contribution in [0.15, 0.2) is 91.0 Å². The number of rotatable bonds is 10. The lowest BCUT2D eigenvalue weighted by Crippen LogP contribution is -2.67. The van der Waals surface area contributed by atoms with Gasteiger partial charge in [-0.1, -0.05) is 91.0 Å². The van der Waals surface area contributed by atoms with Crippen molar-refractivity contribution in [1.29, 1.82) is 0 Å². The number of ether oxygens (including phenoxy) is 5. The van der Waals surface area contributed by atoms with Crippen molar-refractivity contribution in [3.8, 4) is 0 Å². The van der Waals surface area contributed by atoms with Crippen molar-refractivity contribution in [1.82, 2.24) is 5.32 Å². The summed E-state index contributed by atoms with van der Waals surface area (Å²) in [7, 11) is 0. The van der Waals surface area contributed by atoms with E-state index in [2.05, 4.69) is 5.32 Å². The molecule has 1 N–H and O–H groups in total. The van der Waals surface area contributed by atoms with E-state index in [0.717, 1.165) is 16.7 Å². The predicted octanol–water partition coefficient (Wildman–Crippen LogP) is 3.65. The molecule has 3 aromatic rings. The molecular formula is C33H35NO9. The summed E-state index contributed by atoms with van der Waals surface area (Å²) in [6, 6.07) is 27.7. The van der Waals surface area contributed by atoms with Crippen LogP contribution in [0.3, 0.4) is 0 Å². The molecule has 5 unspecified atom stereocenters. The number of amides is 1. The van der Waals surface area contributed by atoms with E-state index < -0.39 is 60.1 Å². The third kappa shape index (κ3) is 7.46. The largest absolute Gasteiger partial charge is 0.456 e. The van der Waals surface area contributed by atoms with Crippen molar-refractivity contribution in [2.75, 3.05) is 6.61 Å². The Morgan fingerprint density at radius 2 is 1.07 bits per heavy atom. The lowest BCUT2D eigenvalue weighted by atomic mass is 9.80.